The predicted molar refractivity (Wildman–Crippen MR) is 103 cm³/mol. The standard InChI is InChI=1S/2C5H8O2.2C3H6O2.2CH4/c2*1-4(2)5(6)7-3;2*1-3(4)5-2;;/h2*1H2,2-3H3;2*1-2H3;2*1H4. The second-order valence-corrected chi connectivity index (χ2v) is 3.94. The van der Waals surface area contributed by atoms with Crippen molar-refractivity contribution in [1.29, 1.82) is 0 Å². The number of esters is 4. The Morgan fingerprint density at radius 2 is 0.692 bits per heavy atom. The first-order valence-electron chi connectivity index (χ1n) is 6.47. The predicted octanol–water partition coefficient (Wildman–Crippen LogP) is 3.10. The van der Waals surface area contributed by atoms with Crippen LogP contribution in [0, 0.1) is 0 Å². The molecular formula is C18H36O8. The smallest absolute Gasteiger partial charge is 0.332 e. The van der Waals surface area contributed by atoms with E-state index in [0.29, 0.717) is 11.1 Å². The molecule has 0 saturated heterocycles. The first-order valence-corrected chi connectivity index (χ1v) is 6.47. The van der Waals surface area contributed by atoms with E-state index in [9.17, 15) is 19.2 Å². The number of hydrogen-bond acceptors (Lipinski definition) is 8. The van der Waals surface area contributed by atoms with Crippen molar-refractivity contribution in [3.8, 4) is 0 Å². The molecule has 0 aromatic heterocycles. The van der Waals surface area contributed by atoms with E-state index in [4.69, 9.17) is 0 Å². The molecule has 8 nitrogen and oxygen atoms in total. The zero-order chi connectivity index (χ0) is 20.3. The van der Waals surface area contributed by atoms with E-state index in [2.05, 4.69) is 32.1 Å². The summed E-state index contributed by atoms with van der Waals surface area (Å²) in [6, 6.07) is 0. The third-order valence-corrected chi connectivity index (χ3v) is 1.64. The topological polar surface area (TPSA) is 105 Å². The Bertz CT molecular complexity index is 385. The first-order chi connectivity index (χ1) is 10.9. The molecule has 0 N–H and O–H groups in total. The maximum absolute atomic E-state index is 10.2. The van der Waals surface area contributed by atoms with E-state index < -0.39 is 0 Å². The van der Waals surface area contributed by atoms with Crippen LogP contribution >= 0.6 is 0 Å². The van der Waals surface area contributed by atoms with Crippen molar-refractivity contribution < 1.29 is 38.1 Å². The molecular weight excluding hydrogens is 344 g/mol. The highest BCUT2D eigenvalue weighted by atomic mass is 16.5. The molecule has 8 heteroatoms. The minimum Gasteiger partial charge on any atom is -0.469 e. The lowest BCUT2D eigenvalue weighted by Gasteiger charge is -1.91. The number of methoxy groups -OCH3 is 4. The lowest BCUT2D eigenvalue weighted by molar-refractivity contribution is -0.138. The molecule has 0 heterocycles. The Labute approximate surface area is 158 Å². The van der Waals surface area contributed by atoms with Crippen LogP contribution in [0.2, 0.25) is 0 Å². The zero-order valence-corrected chi connectivity index (χ0v) is 15.7. The summed E-state index contributed by atoms with van der Waals surface area (Å²) in [6.45, 7) is 12.6. The summed E-state index contributed by atoms with van der Waals surface area (Å²) in [6.07, 6.45) is 0. The third kappa shape index (κ3) is 49.6. The van der Waals surface area contributed by atoms with Crippen LogP contribution in [0.25, 0.3) is 0 Å². The molecule has 26 heavy (non-hydrogen) atoms. The minimum atomic E-state index is -0.347. The lowest BCUT2D eigenvalue weighted by Crippen LogP contribution is -1.98. The van der Waals surface area contributed by atoms with Crippen LogP contribution in [0.5, 0.6) is 0 Å². The largest absolute Gasteiger partial charge is 0.469 e. The highest BCUT2D eigenvalue weighted by Crippen LogP contribution is 1.87. The molecule has 0 fully saturated rings. The van der Waals surface area contributed by atoms with Crippen molar-refractivity contribution >= 4 is 23.9 Å². The SMILES string of the molecule is C.C.C=C(C)C(=O)OC.C=C(C)C(=O)OC.COC(C)=O.COC(C)=O. The zero-order valence-electron chi connectivity index (χ0n) is 15.7. The van der Waals surface area contributed by atoms with Gasteiger partial charge < -0.3 is 18.9 Å². The fraction of sp³-hybridized carbons (Fsp3) is 0.556. The molecule has 0 rings (SSSR count). The fourth-order valence-corrected chi connectivity index (χ4v) is 0.348. The van der Waals surface area contributed by atoms with Crippen LogP contribution in [0.15, 0.2) is 24.3 Å². The quantitative estimate of drug-likeness (QED) is 0.409. The van der Waals surface area contributed by atoms with Crippen molar-refractivity contribution in [3.05, 3.63) is 24.3 Å². The van der Waals surface area contributed by atoms with Crippen molar-refractivity contribution in [2.45, 2.75) is 42.5 Å². The Morgan fingerprint density at radius 3 is 0.692 bits per heavy atom. The number of carbonyl (C=O) groups is 4. The van der Waals surface area contributed by atoms with Gasteiger partial charge in [-0.15, -0.1) is 0 Å². The lowest BCUT2D eigenvalue weighted by atomic mass is 10.4. The van der Waals surface area contributed by atoms with E-state index in [0.717, 1.165) is 0 Å². The van der Waals surface area contributed by atoms with E-state index in [1.165, 1.54) is 42.3 Å². The summed E-state index contributed by atoms with van der Waals surface area (Å²) in [7, 11) is 5.36. The summed E-state index contributed by atoms with van der Waals surface area (Å²) in [5.74, 6) is -1.19. The fourth-order valence-electron chi connectivity index (χ4n) is 0.348. The van der Waals surface area contributed by atoms with Gasteiger partial charge in [0.2, 0.25) is 0 Å². The number of rotatable bonds is 2. The average molecular weight is 380 g/mol. The van der Waals surface area contributed by atoms with E-state index in [1.807, 2.05) is 0 Å². The van der Waals surface area contributed by atoms with Crippen molar-refractivity contribution in [2.75, 3.05) is 28.4 Å². The Kier molecular flexibility index (Phi) is 40.6. The van der Waals surface area contributed by atoms with Crippen molar-refractivity contribution in [1.82, 2.24) is 0 Å². The molecule has 0 aliphatic heterocycles. The molecule has 0 unspecified atom stereocenters. The molecule has 156 valence electrons. The summed E-state index contributed by atoms with van der Waals surface area (Å²) in [5, 5.41) is 0. The molecule has 0 spiro atoms. The maximum atomic E-state index is 10.2. The summed E-state index contributed by atoms with van der Waals surface area (Å²) in [4.78, 5) is 39.6. The van der Waals surface area contributed by atoms with E-state index in [1.54, 1.807) is 13.8 Å². The summed E-state index contributed by atoms with van der Waals surface area (Å²) >= 11 is 0. The molecule has 0 aliphatic carbocycles. The summed E-state index contributed by atoms with van der Waals surface area (Å²) in [5.41, 5.74) is 0.866. The molecule has 0 aromatic rings. The average Bonchev–Trinajstić information content (AvgIpc) is 2.54. The minimum absolute atomic E-state index is 0. The molecule has 0 atom stereocenters. The van der Waals surface area contributed by atoms with E-state index in [-0.39, 0.29) is 38.7 Å². The van der Waals surface area contributed by atoms with Gasteiger partial charge in [-0.3, -0.25) is 9.59 Å². The Balaban J connectivity index is -0.0000000506. The normalized spacial score (nSPS) is 6.77. The summed E-state index contributed by atoms with van der Waals surface area (Å²) < 4.78 is 16.8. The van der Waals surface area contributed by atoms with Crippen molar-refractivity contribution in [3.63, 3.8) is 0 Å². The maximum Gasteiger partial charge on any atom is 0.332 e. The van der Waals surface area contributed by atoms with Gasteiger partial charge in [-0.05, 0) is 13.8 Å². The van der Waals surface area contributed by atoms with Gasteiger partial charge in [0, 0.05) is 25.0 Å². The Morgan fingerprint density at radius 1 is 0.538 bits per heavy atom. The molecule has 0 aliphatic rings. The van der Waals surface area contributed by atoms with Gasteiger partial charge in [-0.2, -0.15) is 0 Å². The van der Waals surface area contributed by atoms with Crippen molar-refractivity contribution in [2.24, 2.45) is 0 Å². The molecule has 0 bridgehead atoms. The van der Waals surface area contributed by atoms with Gasteiger partial charge in [-0.1, -0.05) is 28.0 Å². The molecule has 0 amide bonds. The second-order valence-electron chi connectivity index (χ2n) is 3.94. The molecule has 0 radical (unpaired) electrons. The van der Waals surface area contributed by atoms with Crippen LogP contribution < -0.4 is 0 Å². The molecule has 0 saturated carbocycles. The number of carbonyl (C=O) groups excluding carboxylic acids is 4. The van der Waals surface area contributed by atoms with Gasteiger partial charge in [0.25, 0.3) is 0 Å². The van der Waals surface area contributed by atoms with Gasteiger partial charge in [0.05, 0.1) is 28.4 Å². The van der Waals surface area contributed by atoms with Crippen LogP contribution in [0.1, 0.15) is 42.5 Å². The van der Waals surface area contributed by atoms with Crippen LogP contribution in [0.4, 0.5) is 0 Å². The van der Waals surface area contributed by atoms with Gasteiger partial charge in [0.1, 0.15) is 0 Å². The van der Waals surface area contributed by atoms with Crippen LogP contribution in [-0.4, -0.2) is 52.3 Å². The van der Waals surface area contributed by atoms with Gasteiger partial charge >= 0.3 is 23.9 Å². The monoisotopic (exact) mass is 380 g/mol. The first kappa shape index (κ1) is 38.8. The highest BCUT2D eigenvalue weighted by Gasteiger charge is 1.96. The third-order valence-electron chi connectivity index (χ3n) is 1.64. The Hall–Kier alpha value is -2.64. The van der Waals surface area contributed by atoms with Gasteiger partial charge in [0.15, 0.2) is 0 Å². The van der Waals surface area contributed by atoms with E-state index >= 15 is 0 Å². The second kappa shape index (κ2) is 27.2. The number of ether oxygens (including phenoxy) is 4. The van der Waals surface area contributed by atoms with Gasteiger partial charge in [-0.25, -0.2) is 9.59 Å². The highest BCUT2D eigenvalue weighted by molar-refractivity contribution is 5.87. The number of hydrogen-bond donors (Lipinski definition) is 0. The van der Waals surface area contributed by atoms with Crippen LogP contribution in [-0.2, 0) is 38.1 Å². The molecule has 0 aromatic carbocycles. The van der Waals surface area contributed by atoms with Crippen LogP contribution in [0.3, 0.4) is 0 Å².